The molecule has 140 valence electrons. The van der Waals surface area contributed by atoms with Gasteiger partial charge in [-0.05, 0) is 49.9 Å². The molecule has 0 aromatic heterocycles. The molecule has 0 aliphatic heterocycles. The number of ether oxygens (including phenoxy) is 1. The summed E-state index contributed by atoms with van der Waals surface area (Å²) in [7, 11) is -2.05. The van der Waals surface area contributed by atoms with Crippen molar-refractivity contribution in [1.29, 1.82) is 0 Å². The van der Waals surface area contributed by atoms with E-state index in [0.29, 0.717) is 23.9 Å². The summed E-state index contributed by atoms with van der Waals surface area (Å²) in [5, 5.41) is 2.93. The molecule has 1 aliphatic carbocycles. The zero-order valence-corrected chi connectivity index (χ0v) is 16.0. The monoisotopic (exact) mass is 368 g/mol. The SMILES string of the molecule is COc1ccc(N([C@@H](C)C(=O)NCC2CCCCC2)S(C)(=O)=O)cc1. The zero-order chi connectivity index (χ0) is 18.4. The van der Waals surface area contributed by atoms with Crippen LogP contribution in [0.4, 0.5) is 5.69 Å². The lowest BCUT2D eigenvalue weighted by Crippen LogP contribution is -2.48. The van der Waals surface area contributed by atoms with Crippen molar-refractivity contribution < 1.29 is 17.9 Å². The third-order valence-electron chi connectivity index (χ3n) is 4.71. The first-order valence-electron chi connectivity index (χ1n) is 8.74. The van der Waals surface area contributed by atoms with Crippen LogP contribution in [0.15, 0.2) is 24.3 Å². The van der Waals surface area contributed by atoms with Gasteiger partial charge < -0.3 is 10.1 Å². The van der Waals surface area contributed by atoms with E-state index in [1.807, 2.05) is 0 Å². The quantitative estimate of drug-likeness (QED) is 0.802. The van der Waals surface area contributed by atoms with E-state index < -0.39 is 16.1 Å². The Hall–Kier alpha value is -1.76. The van der Waals surface area contributed by atoms with Gasteiger partial charge in [-0.3, -0.25) is 9.10 Å². The van der Waals surface area contributed by atoms with E-state index in [-0.39, 0.29) is 5.91 Å². The fourth-order valence-corrected chi connectivity index (χ4v) is 4.50. The molecule has 0 unspecified atom stereocenters. The highest BCUT2D eigenvalue weighted by molar-refractivity contribution is 7.92. The normalized spacial score (nSPS) is 16.9. The molecule has 1 aromatic rings. The number of anilines is 1. The molecule has 1 amide bonds. The number of hydrogen-bond donors (Lipinski definition) is 1. The Labute approximate surface area is 150 Å². The van der Waals surface area contributed by atoms with E-state index in [0.717, 1.165) is 23.4 Å². The predicted octanol–water partition coefficient (Wildman–Crippen LogP) is 2.55. The molecular weight excluding hydrogens is 340 g/mol. The maximum Gasteiger partial charge on any atom is 0.243 e. The van der Waals surface area contributed by atoms with E-state index in [1.54, 1.807) is 38.3 Å². The molecule has 0 bridgehead atoms. The summed E-state index contributed by atoms with van der Waals surface area (Å²) in [6.07, 6.45) is 7.04. The second-order valence-electron chi connectivity index (χ2n) is 6.68. The summed E-state index contributed by atoms with van der Waals surface area (Å²) in [6, 6.07) is 5.84. The van der Waals surface area contributed by atoms with Crippen molar-refractivity contribution in [1.82, 2.24) is 5.32 Å². The molecule has 1 aliphatic rings. The number of nitrogens with zero attached hydrogens (tertiary/aromatic N) is 1. The van der Waals surface area contributed by atoms with E-state index in [2.05, 4.69) is 5.32 Å². The lowest BCUT2D eigenvalue weighted by atomic mass is 9.89. The number of rotatable bonds is 7. The van der Waals surface area contributed by atoms with Crippen LogP contribution in [0.5, 0.6) is 5.75 Å². The Morgan fingerprint density at radius 2 is 1.84 bits per heavy atom. The van der Waals surface area contributed by atoms with E-state index >= 15 is 0 Å². The van der Waals surface area contributed by atoms with E-state index in [1.165, 1.54) is 19.3 Å². The molecule has 0 radical (unpaired) electrons. The zero-order valence-electron chi connectivity index (χ0n) is 15.2. The Bertz CT molecular complexity index is 667. The van der Waals surface area contributed by atoms with Crippen LogP contribution in [0, 0.1) is 5.92 Å². The first-order chi connectivity index (χ1) is 11.8. The van der Waals surface area contributed by atoms with Gasteiger partial charge in [0.2, 0.25) is 15.9 Å². The number of methoxy groups -OCH3 is 1. The third kappa shape index (κ3) is 5.36. The first-order valence-corrected chi connectivity index (χ1v) is 10.6. The lowest BCUT2D eigenvalue weighted by molar-refractivity contribution is -0.122. The first kappa shape index (κ1) is 19.6. The number of sulfonamides is 1. The van der Waals surface area contributed by atoms with Gasteiger partial charge in [-0.15, -0.1) is 0 Å². The minimum Gasteiger partial charge on any atom is -0.497 e. The van der Waals surface area contributed by atoms with Crippen LogP contribution < -0.4 is 14.4 Å². The maximum absolute atomic E-state index is 12.5. The number of carbonyl (C=O) groups is 1. The number of carbonyl (C=O) groups excluding carboxylic acids is 1. The Morgan fingerprint density at radius 1 is 1.24 bits per heavy atom. The van der Waals surface area contributed by atoms with Crippen LogP contribution in [-0.4, -0.2) is 40.3 Å². The molecule has 2 rings (SSSR count). The van der Waals surface area contributed by atoms with Crippen molar-refractivity contribution in [2.24, 2.45) is 5.92 Å². The van der Waals surface area contributed by atoms with Gasteiger partial charge in [0.25, 0.3) is 0 Å². The highest BCUT2D eigenvalue weighted by Crippen LogP contribution is 2.25. The topological polar surface area (TPSA) is 75.7 Å². The summed E-state index contributed by atoms with van der Waals surface area (Å²) in [5.41, 5.74) is 0.448. The molecule has 1 saturated carbocycles. The Morgan fingerprint density at radius 3 is 2.36 bits per heavy atom. The Kier molecular flexibility index (Phi) is 6.70. The molecule has 1 N–H and O–H groups in total. The summed E-state index contributed by atoms with van der Waals surface area (Å²) in [5.74, 6) is 0.857. The third-order valence-corrected chi connectivity index (χ3v) is 5.95. The molecule has 25 heavy (non-hydrogen) atoms. The highest BCUT2D eigenvalue weighted by atomic mass is 32.2. The minimum atomic E-state index is -3.59. The van der Waals surface area contributed by atoms with Gasteiger partial charge in [-0.1, -0.05) is 19.3 Å². The fraction of sp³-hybridized carbons (Fsp3) is 0.611. The second-order valence-corrected chi connectivity index (χ2v) is 8.54. The van der Waals surface area contributed by atoms with Crippen molar-refractivity contribution in [3.63, 3.8) is 0 Å². The highest BCUT2D eigenvalue weighted by Gasteiger charge is 2.29. The maximum atomic E-state index is 12.5. The molecule has 0 spiro atoms. The average Bonchev–Trinajstić information content (AvgIpc) is 2.60. The van der Waals surface area contributed by atoms with Gasteiger partial charge in [0, 0.05) is 6.54 Å². The molecule has 1 aromatic carbocycles. The summed E-state index contributed by atoms with van der Waals surface area (Å²) >= 11 is 0. The summed E-state index contributed by atoms with van der Waals surface area (Å²) < 4.78 is 30.8. The molecule has 0 heterocycles. The van der Waals surface area contributed by atoms with Gasteiger partial charge >= 0.3 is 0 Å². The number of amides is 1. The largest absolute Gasteiger partial charge is 0.497 e. The molecule has 1 atom stereocenters. The standard InChI is InChI=1S/C18H28N2O4S/c1-14(18(21)19-13-15-7-5-4-6-8-15)20(25(3,22)23)16-9-11-17(24-2)12-10-16/h9-12,14-15H,4-8,13H2,1-3H3,(H,19,21)/t14-/m0/s1. The fourth-order valence-electron chi connectivity index (χ4n) is 3.32. The summed E-state index contributed by atoms with van der Waals surface area (Å²) in [6.45, 7) is 2.23. The average molecular weight is 368 g/mol. The van der Waals surface area contributed by atoms with Gasteiger partial charge in [-0.2, -0.15) is 0 Å². The van der Waals surface area contributed by atoms with E-state index in [4.69, 9.17) is 4.74 Å². The number of benzene rings is 1. The van der Waals surface area contributed by atoms with Crippen LogP contribution in [-0.2, 0) is 14.8 Å². The predicted molar refractivity (Wildman–Crippen MR) is 99.4 cm³/mol. The van der Waals surface area contributed by atoms with Crippen LogP contribution in [0.1, 0.15) is 39.0 Å². The van der Waals surface area contributed by atoms with Crippen molar-refractivity contribution in [2.75, 3.05) is 24.2 Å². The van der Waals surface area contributed by atoms with Crippen LogP contribution in [0.25, 0.3) is 0 Å². The molecule has 6 nitrogen and oxygen atoms in total. The lowest BCUT2D eigenvalue weighted by Gasteiger charge is -2.29. The number of hydrogen-bond acceptors (Lipinski definition) is 4. The van der Waals surface area contributed by atoms with Crippen LogP contribution in [0.2, 0.25) is 0 Å². The van der Waals surface area contributed by atoms with Gasteiger partial charge in [0.1, 0.15) is 11.8 Å². The number of nitrogens with one attached hydrogen (secondary N) is 1. The Balaban J connectivity index is 2.09. The van der Waals surface area contributed by atoms with Crippen LogP contribution in [0.3, 0.4) is 0 Å². The van der Waals surface area contributed by atoms with Crippen molar-refractivity contribution in [2.45, 2.75) is 45.1 Å². The van der Waals surface area contributed by atoms with Gasteiger partial charge in [0.05, 0.1) is 19.1 Å². The minimum absolute atomic E-state index is 0.271. The molecule has 7 heteroatoms. The smallest absolute Gasteiger partial charge is 0.243 e. The molecule has 0 saturated heterocycles. The molecular formula is C18H28N2O4S. The van der Waals surface area contributed by atoms with Gasteiger partial charge in [-0.25, -0.2) is 8.42 Å². The van der Waals surface area contributed by atoms with Crippen LogP contribution >= 0.6 is 0 Å². The van der Waals surface area contributed by atoms with Crippen molar-refractivity contribution in [3.8, 4) is 5.75 Å². The van der Waals surface area contributed by atoms with E-state index in [9.17, 15) is 13.2 Å². The summed E-state index contributed by atoms with van der Waals surface area (Å²) in [4.78, 5) is 12.5. The van der Waals surface area contributed by atoms with Crippen molar-refractivity contribution in [3.05, 3.63) is 24.3 Å². The van der Waals surface area contributed by atoms with Crippen molar-refractivity contribution >= 4 is 21.6 Å². The second kappa shape index (κ2) is 8.56. The van der Waals surface area contributed by atoms with Gasteiger partial charge in [0.15, 0.2) is 0 Å². The molecule has 1 fully saturated rings.